The molecule has 1 fully saturated rings. The Bertz CT molecular complexity index is 1050. The number of ether oxygens (including phenoxy) is 6. The Morgan fingerprint density at radius 3 is 2.05 bits per heavy atom. The summed E-state index contributed by atoms with van der Waals surface area (Å²) in [6.07, 6.45) is -6.46. The maximum atomic E-state index is 12.7. The normalized spacial score (nSPS) is 24.3. The largest absolute Gasteiger partial charge is 0.455 e. The molecule has 1 saturated heterocycles. The van der Waals surface area contributed by atoms with Crippen LogP contribution in [0.4, 0.5) is 4.79 Å². The second kappa shape index (κ2) is 15.9. The first kappa shape index (κ1) is 33.5. The number of carbonyl (C=O) groups is 5. The Morgan fingerprint density at radius 2 is 1.49 bits per heavy atom. The van der Waals surface area contributed by atoms with E-state index in [0.29, 0.717) is 18.4 Å². The summed E-state index contributed by atoms with van der Waals surface area (Å²) < 4.78 is 32.7. The average molecular weight is 582 g/mol. The Balaban J connectivity index is 2.49. The van der Waals surface area contributed by atoms with E-state index >= 15 is 0 Å². The highest BCUT2D eigenvalue weighted by Crippen LogP contribution is 2.38. The fourth-order valence-corrected chi connectivity index (χ4v) is 4.45. The summed E-state index contributed by atoms with van der Waals surface area (Å²) in [5, 5.41) is 14.1. The third-order valence-electron chi connectivity index (χ3n) is 6.08. The van der Waals surface area contributed by atoms with Gasteiger partial charge in [-0.25, -0.2) is 4.79 Å². The van der Waals surface area contributed by atoms with Gasteiger partial charge in [-0.3, -0.25) is 24.5 Å². The zero-order valence-electron chi connectivity index (χ0n) is 24.0. The maximum absolute atomic E-state index is 12.7. The predicted octanol–water partition coefficient (Wildman–Crippen LogP) is 2.65. The standard InChI is InChI=1S/C28H39NO12/c1-6-7-8-12-15-28(35)25(39-19(4)32)23(38-18(3)31)22(37-17(2)30)24(41-28)26(40-20(5)33)29-27(34)36-16-21-13-10-9-11-14-21/h9-11,13-14,22-26,35H,6-8,12,15-16H2,1-5H3,(H,29,34)/t22-,23+,24+,25-,26?,28-/m1/s1. The van der Waals surface area contributed by atoms with E-state index in [2.05, 4.69) is 5.32 Å². The van der Waals surface area contributed by atoms with E-state index in [-0.39, 0.29) is 13.0 Å². The number of benzene rings is 1. The number of hydrogen-bond acceptors (Lipinski definition) is 12. The lowest BCUT2D eigenvalue weighted by Gasteiger charge is -2.50. The minimum absolute atomic E-state index is 0.1000. The zero-order chi connectivity index (χ0) is 30.6. The number of unbranched alkanes of at least 4 members (excludes halogenated alkanes) is 3. The minimum Gasteiger partial charge on any atom is -0.455 e. The topological polar surface area (TPSA) is 173 Å². The summed E-state index contributed by atoms with van der Waals surface area (Å²) in [7, 11) is 0. The number of esters is 4. The molecular weight excluding hydrogens is 542 g/mol. The van der Waals surface area contributed by atoms with Crippen LogP contribution in [-0.4, -0.2) is 71.5 Å². The van der Waals surface area contributed by atoms with Gasteiger partial charge in [0.25, 0.3) is 0 Å². The maximum Gasteiger partial charge on any atom is 0.410 e. The molecule has 0 bridgehead atoms. The lowest BCUT2D eigenvalue weighted by molar-refractivity contribution is -0.362. The number of aliphatic hydroxyl groups is 1. The Morgan fingerprint density at radius 1 is 0.878 bits per heavy atom. The van der Waals surface area contributed by atoms with E-state index in [1.54, 1.807) is 30.3 Å². The number of hydrogen-bond donors (Lipinski definition) is 2. The van der Waals surface area contributed by atoms with Crippen LogP contribution in [0.2, 0.25) is 0 Å². The average Bonchev–Trinajstić information content (AvgIpc) is 2.88. The minimum atomic E-state index is -2.30. The van der Waals surface area contributed by atoms with Crippen LogP contribution in [0, 0.1) is 0 Å². The van der Waals surface area contributed by atoms with Gasteiger partial charge in [-0.15, -0.1) is 0 Å². The number of alkyl carbamates (subject to hydrolysis) is 1. The van der Waals surface area contributed by atoms with Gasteiger partial charge in [0.2, 0.25) is 12.0 Å². The summed E-state index contributed by atoms with van der Waals surface area (Å²) in [6.45, 7) is 6.16. The molecule has 1 aliphatic rings. The summed E-state index contributed by atoms with van der Waals surface area (Å²) in [4.78, 5) is 61.1. The van der Waals surface area contributed by atoms with Crippen LogP contribution in [0.1, 0.15) is 72.3 Å². The van der Waals surface area contributed by atoms with Crippen LogP contribution >= 0.6 is 0 Å². The monoisotopic (exact) mass is 581 g/mol. The molecule has 1 aromatic carbocycles. The molecule has 2 N–H and O–H groups in total. The molecule has 1 heterocycles. The first-order valence-corrected chi connectivity index (χ1v) is 13.4. The van der Waals surface area contributed by atoms with Crippen LogP contribution in [-0.2, 0) is 54.2 Å². The fraction of sp³-hybridized carbons (Fsp3) is 0.607. The smallest absolute Gasteiger partial charge is 0.410 e. The summed E-state index contributed by atoms with van der Waals surface area (Å²) >= 11 is 0. The quantitative estimate of drug-likeness (QED) is 0.151. The third kappa shape index (κ3) is 10.7. The fourth-order valence-electron chi connectivity index (χ4n) is 4.45. The molecule has 2 rings (SSSR count). The molecular formula is C28H39NO12. The second-order valence-electron chi connectivity index (χ2n) is 9.65. The molecule has 6 atom stereocenters. The van der Waals surface area contributed by atoms with Crippen molar-refractivity contribution in [3.8, 4) is 0 Å². The van der Waals surface area contributed by atoms with Gasteiger partial charge in [-0.2, -0.15) is 0 Å². The molecule has 228 valence electrons. The van der Waals surface area contributed by atoms with Crippen molar-refractivity contribution in [3.05, 3.63) is 35.9 Å². The SMILES string of the molecule is CCCCCC[C@@]1(O)O[C@H](C(NC(=O)OCc2ccccc2)OC(C)=O)[C@H](OC(C)=O)[C@H](OC(C)=O)[C@H]1OC(C)=O. The van der Waals surface area contributed by atoms with E-state index in [0.717, 1.165) is 40.5 Å². The highest BCUT2D eigenvalue weighted by Gasteiger charge is 2.61. The van der Waals surface area contributed by atoms with Crippen molar-refractivity contribution >= 4 is 30.0 Å². The van der Waals surface area contributed by atoms with E-state index in [1.165, 1.54) is 0 Å². The van der Waals surface area contributed by atoms with Crippen LogP contribution in [0.15, 0.2) is 30.3 Å². The van der Waals surface area contributed by atoms with Crippen LogP contribution in [0.5, 0.6) is 0 Å². The molecule has 0 aromatic heterocycles. The molecule has 1 aromatic rings. The van der Waals surface area contributed by atoms with E-state index in [9.17, 15) is 29.1 Å². The Kier molecular flexibility index (Phi) is 13.0. The number of carbonyl (C=O) groups excluding carboxylic acids is 5. The first-order valence-electron chi connectivity index (χ1n) is 13.4. The highest BCUT2D eigenvalue weighted by atomic mass is 16.7. The van der Waals surface area contributed by atoms with Gasteiger partial charge in [0.15, 0.2) is 24.4 Å². The van der Waals surface area contributed by atoms with Crippen molar-refractivity contribution in [1.82, 2.24) is 5.32 Å². The molecule has 1 amide bonds. The summed E-state index contributed by atoms with van der Waals surface area (Å²) in [5.74, 6) is -5.70. The molecule has 0 aliphatic carbocycles. The van der Waals surface area contributed by atoms with Gasteiger partial charge in [-0.1, -0.05) is 56.5 Å². The van der Waals surface area contributed by atoms with Crippen LogP contribution in [0.25, 0.3) is 0 Å². The van der Waals surface area contributed by atoms with Gasteiger partial charge in [-0.05, 0) is 12.0 Å². The molecule has 0 radical (unpaired) electrons. The molecule has 1 unspecified atom stereocenters. The summed E-state index contributed by atoms with van der Waals surface area (Å²) in [6, 6.07) is 8.77. The molecule has 1 aliphatic heterocycles. The summed E-state index contributed by atoms with van der Waals surface area (Å²) in [5.41, 5.74) is 0.680. The highest BCUT2D eigenvalue weighted by molar-refractivity contribution is 5.70. The van der Waals surface area contributed by atoms with Crippen molar-refractivity contribution in [2.45, 2.75) is 110 Å². The first-order chi connectivity index (χ1) is 19.4. The van der Waals surface area contributed by atoms with Crippen molar-refractivity contribution in [1.29, 1.82) is 0 Å². The number of rotatable bonds is 13. The predicted molar refractivity (Wildman–Crippen MR) is 141 cm³/mol. The van der Waals surface area contributed by atoms with Gasteiger partial charge >= 0.3 is 30.0 Å². The molecule has 13 heteroatoms. The third-order valence-corrected chi connectivity index (χ3v) is 6.08. The zero-order valence-corrected chi connectivity index (χ0v) is 24.0. The van der Waals surface area contributed by atoms with Gasteiger partial charge in [0, 0.05) is 34.1 Å². The molecule has 0 saturated carbocycles. The van der Waals surface area contributed by atoms with Crippen molar-refractivity contribution in [2.24, 2.45) is 0 Å². The molecule has 13 nitrogen and oxygen atoms in total. The molecule has 0 spiro atoms. The van der Waals surface area contributed by atoms with Crippen molar-refractivity contribution in [2.75, 3.05) is 0 Å². The lowest BCUT2D eigenvalue weighted by Crippen LogP contribution is -2.71. The van der Waals surface area contributed by atoms with Gasteiger partial charge in [0.05, 0.1) is 0 Å². The van der Waals surface area contributed by atoms with Gasteiger partial charge < -0.3 is 33.5 Å². The Labute approximate surface area is 238 Å². The number of nitrogens with one attached hydrogen (secondary N) is 1. The van der Waals surface area contributed by atoms with E-state index < -0.39 is 66.4 Å². The van der Waals surface area contributed by atoms with E-state index in [1.807, 2.05) is 6.92 Å². The van der Waals surface area contributed by atoms with Crippen LogP contribution < -0.4 is 5.32 Å². The number of amides is 1. The van der Waals surface area contributed by atoms with Gasteiger partial charge in [0.1, 0.15) is 6.61 Å². The van der Waals surface area contributed by atoms with Crippen molar-refractivity contribution in [3.63, 3.8) is 0 Å². The van der Waals surface area contributed by atoms with E-state index in [4.69, 9.17) is 28.4 Å². The molecule has 41 heavy (non-hydrogen) atoms. The second-order valence-corrected chi connectivity index (χ2v) is 9.65. The Hall–Kier alpha value is -3.71. The van der Waals surface area contributed by atoms with Crippen molar-refractivity contribution < 1.29 is 57.5 Å². The lowest BCUT2D eigenvalue weighted by atomic mass is 9.87. The van der Waals surface area contributed by atoms with Crippen LogP contribution in [0.3, 0.4) is 0 Å².